The summed E-state index contributed by atoms with van der Waals surface area (Å²) in [6, 6.07) is 8.22. The van der Waals surface area contributed by atoms with Gasteiger partial charge in [-0.25, -0.2) is 0 Å². The van der Waals surface area contributed by atoms with E-state index in [1.165, 1.54) is 5.56 Å². The molecular formula is C19H31N3O2. The summed E-state index contributed by atoms with van der Waals surface area (Å²) in [4.78, 5) is 7.16. The number of nitrogens with zero attached hydrogens (tertiary/aromatic N) is 2. The average molecular weight is 333 g/mol. The highest BCUT2D eigenvalue weighted by atomic mass is 16.5. The van der Waals surface area contributed by atoms with Crippen LogP contribution in [0.5, 0.6) is 5.75 Å². The highest BCUT2D eigenvalue weighted by Crippen LogP contribution is 2.14. The Morgan fingerprint density at radius 1 is 1.21 bits per heavy atom. The van der Waals surface area contributed by atoms with Crippen molar-refractivity contribution in [3.8, 4) is 5.75 Å². The molecule has 0 bridgehead atoms. The van der Waals surface area contributed by atoms with Gasteiger partial charge < -0.3 is 19.7 Å². The van der Waals surface area contributed by atoms with Crippen molar-refractivity contribution < 1.29 is 9.47 Å². The summed E-state index contributed by atoms with van der Waals surface area (Å²) in [6.07, 6.45) is 3.51. The number of nitrogens with one attached hydrogen (secondary N) is 1. The molecule has 24 heavy (non-hydrogen) atoms. The van der Waals surface area contributed by atoms with Crippen molar-refractivity contribution >= 4 is 5.96 Å². The first-order valence-electron chi connectivity index (χ1n) is 9.04. The molecule has 1 saturated heterocycles. The van der Waals surface area contributed by atoms with Crippen LogP contribution < -0.4 is 10.1 Å². The van der Waals surface area contributed by atoms with E-state index in [0.717, 1.165) is 63.8 Å². The van der Waals surface area contributed by atoms with Crippen LogP contribution >= 0.6 is 0 Å². The first kappa shape index (κ1) is 18.6. The molecule has 0 atom stereocenters. The maximum atomic E-state index is 5.73. The molecule has 5 heteroatoms. The standard InChI is InChI=1S/C19H31N3O2/c1-4-20-19(22-14-11-18(12-15-22)24-5-2)21-13-10-16-6-8-17(23-3)9-7-16/h6-9,18H,4-5,10-15H2,1-3H3,(H,20,21). The molecule has 1 aliphatic rings. The minimum absolute atomic E-state index is 0.411. The number of hydrogen-bond acceptors (Lipinski definition) is 3. The molecule has 0 saturated carbocycles. The van der Waals surface area contributed by atoms with E-state index in [-0.39, 0.29) is 0 Å². The van der Waals surface area contributed by atoms with Gasteiger partial charge in [-0.1, -0.05) is 12.1 Å². The van der Waals surface area contributed by atoms with E-state index in [2.05, 4.69) is 36.2 Å². The van der Waals surface area contributed by atoms with Crippen molar-refractivity contribution in [2.45, 2.75) is 39.2 Å². The number of guanidine groups is 1. The van der Waals surface area contributed by atoms with Gasteiger partial charge in [0.2, 0.25) is 0 Å². The van der Waals surface area contributed by atoms with Gasteiger partial charge in [-0.2, -0.15) is 0 Å². The van der Waals surface area contributed by atoms with Crippen molar-refractivity contribution in [3.63, 3.8) is 0 Å². The zero-order valence-corrected chi connectivity index (χ0v) is 15.3. The fraction of sp³-hybridized carbons (Fsp3) is 0.632. The lowest BCUT2D eigenvalue weighted by Crippen LogP contribution is -2.47. The van der Waals surface area contributed by atoms with Gasteiger partial charge in [-0.05, 0) is 50.8 Å². The molecule has 2 rings (SSSR count). The molecule has 0 radical (unpaired) electrons. The third kappa shape index (κ3) is 5.71. The van der Waals surface area contributed by atoms with Gasteiger partial charge in [-0.15, -0.1) is 0 Å². The van der Waals surface area contributed by atoms with E-state index in [9.17, 15) is 0 Å². The first-order chi connectivity index (χ1) is 11.8. The lowest BCUT2D eigenvalue weighted by atomic mass is 10.1. The number of piperidine rings is 1. The number of ether oxygens (including phenoxy) is 2. The Bertz CT molecular complexity index is 494. The molecule has 134 valence electrons. The van der Waals surface area contributed by atoms with Gasteiger partial charge in [0.1, 0.15) is 5.75 Å². The molecule has 1 aromatic rings. The average Bonchev–Trinajstić information content (AvgIpc) is 2.62. The highest BCUT2D eigenvalue weighted by Gasteiger charge is 2.21. The van der Waals surface area contributed by atoms with Crippen LogP contribution in [-0.2, 0) is 11.2 Å². The SMILES string of the molecule is CCNC(=NCCc1ccc(OC)cc1)N1CCC(OCC)CC1. The molecule has 1 aromatic carbocycles. The quantitative estimate of drug-likeness (QED) is 0.616. The predicted octanol–water partition coefficient (Wildman–Crippen LogP) is 2.70. The van der Waals surface area contributed by atoms with Gasteiger partial charge in [0.25, 0.3) is 0 Å². The number of likely N-dealkylation sites (tertiary alicyclic amines) is 1. The first-order valence-corrected chi connectivity index (χ1v) is 9.04. The van der Waals surface area contributed by atoms with Crippen molar-refractivity contribution in [2.24, 2.45) is 4.99 Å². The molecular weight excluding hydrogens is 302 g/mol. The van der Waals surface area contributed by atoms with Gasteiger partial charge >= 0.3 is 0 Å². The summed E-state index contributed by atoms with van der Waals surface area (Å²) in [5.41, 5.74) is 1.28. The Balaban J connectivity index is 1.86. The van der Waals surface area contributed by atoms with Gasteiger partial charge in [0.15, 0.2) is 5.96 Å². The second-order valence-electron chi connectivity index (χ2n) is 5.98. The number of aliphatic imine (C=N–C) groups is 1. The zero-order valence-electron chi connectivity index (χ0n) is 15.3. The van der Waals surface area contributed by atoms with Crippen LogP contribution in [0.3, 0.4) is 0 Å². The second kappa shape index (κ2) is 10.2. The van der Waals surface area contributed by atoms with Gasteiger partial charge in [0.05, 0.1) is 13.2 Å². The normalized spacial score (nSPS) is 16.3. The minimum atomic E-state index is 0.411. The lowest BCUT2D eigenvalue weighted by molar-refractivity contribution is 0.0264. The Kier molecular flexibility index (Phi) is 7.89. The zero-order chi connectivity index (χ0) is 17.2. The van der Waals surface area contributed by atoms with Crippen LogP contribution in [0, 0.1) is 0 Å². The lowest BCUT2D eigenvalue weighted by Gasteiger charge is -2.34. The Hall–Kier alpha value is -1.75. The number of methoxy groups -OCH3 is 1. The third-order valence-corrected chi connectivity index (χ3v) is 4.30. The molecule has 0 amide bonds. The minimum Gasteiger partial charge on any atom is -0.497 e. The molecule has 1 N–H and O–H groups in total. The van der Waals surface area contributed by atoms with Crippen molar-refractivity contribution in [1.29, 1.82) is 0 Å². The summed E-state index contributed by atoms with van der Waals surface area (Å²) in [6.45, 7) is 8.70. The molecule has 1 fully saturated rings. The fourth-order valence-electron chi connectivity index (χ4n) is 2.98. The summed E-state index contributed by atoms with van der Waals surface area (Å²) in [7, 11) is 1.69. The monoisotopic (exact) mass is 333 g/mol. The summed E-state index contributed by atoms with van der Waals surface area (Å²) in [5, 5.41) is 3.42. The molecule has 0 aromatic heterocycles. The molecule has 0 aliphatic carbocycles. The Labute approximate surface area is 146 Å². The molecule has 1 aliphatic heterocycles. The molecule has 5 nitrogen and oxygen atoms in total. The van der Waals surface area contributed by atoms with Crippen molar-refractivity contribution in [2.75, 3.05) is 39.9 Å². The van der Waals surface area contributed by atoms with Gasteiger partial charge in [0, 0.05) is 32.8 Å². The van der Waals surface area contributed by atoms with Gasteiger partial charge in [-0.3, -0.25) is 4.99 Å². The number of rotatable bonds is 7. The van der Waals surface area contributed by atoms with E-state index < -0.39 is 0 Å². The van der Waals surface area contributed by atoms with E-state index in [4.69, 9.17) is 14.5 Å². The van der Waals surface area contributed by atoms with Crippen LogP contribution in [0.15, 0.2) is 29.3 Å². The summed E-state index contributed by atoms with van der Waals surface area (Å²) in [5.74, 6) is 1.92. The Morgan fingerprint density at radius 2 is 1.92 bits per heavy atom. The maximum absolute atomic E-state index is 5.73. The Morgan fingerprint density at radius 3 is 2.50 bits per heavy atom. The van der Waals surface area contributed by atoms with E-state index in [1.54, 1.807) is 7.11 Å². The van der Waals surface area contributed by atoms with E-state index in [1.807, 2.05) is 12.1 Å². The van der Waals surface area contributed by atoms with Crippen LogP contribution in [0.1, 0.15) is 32.3 Å². The van der Waals surface area contributed by atoms with Crippen molar-refractivity contribution in [3.05, 3.63) is 29.8 Å². The van der Waals surface area contributed by atoms with Crippen LogP contribution in [0.25, 0.3) is 0 Å². The summed E-state index contributed by atoms with van der Waals surface area (Å²) >= 11 is 0. The van der Waals surface area contributed by atoms with E-state index >= 15 is 0 Å². The van der Waals surface area contributed by atoms with Crippen LogP contribution in [-0.4, -0.2) is 56.9 Å². The topological polar surface area (TPSA) is 46.1 Å². The number of hydrogen-bond donors (Lipinski definition) is 1. The second-order valence-corrected chi connectivity index (χ2v) is 5.98. The van der Waals surface area contributed by atoms with Crippen molar-refractivity contribution in [1.82, 2.24) is 10.2 Å². The van der Waals surface area contributed by atoms with E-state index in [0.29, 0.717) is 6.10 Å². The smallest absolute Gasteiger partial charge is 0.193 e. The molecule has 0 unspecified atom stereocenters. The highest BCUT2D eigenvalue weighted by molar-refractivity contribution is 5.80. The molecule has 1 heterocycles. The fourth-order valence-corrected chi connectivity index (χ4v) is 2.98. The summed E-state index contributed by atoms with van der Waals surface area (Å²) < 4.78 is 10.9. The third-order valence-electron chi connectivity index (χ3n) is 4.30. The maximum Gasteiger partial charge on any atom is 0.193 e. The van der Waals surface area contributed by atoms with Crippen LogP contribution in [0.2, 0.25) is 0 Å². The molecule has 0 spiro atoms. The largest absolute Gasteiger partial charge is 0.497 e. The predicted molar refractivity (Wildman–Crippen MR) is 98.9 cm³/mol. The number of benzene rings is 1. The van der Waals surface area contributed by atoms with Crippen LogP contribution in [0.4, 0.5) is 0 Å².